The zero-order valence-electron chi connectivity index (χ0n) is 24.3. The van der Waals surface area contributed by atoms with Gasteiger partial charge in [0.1, 0.15) is 0 Å². The summed E-state index contributed by atoms with van der Waals surface area (Å²) in [6.07, 6.45) is 0. The molecule has 0 saturated heterocycles. The highest BCUT2D eigenvalue weighted by atomic mass is 32.1. The van der Waals surface area contributed by atoms with Crippen LogP contribution in [0.5, 0.6) is 0 Å². The van der Waals surface area contributed by atoms with Crippen molar-refractivity contribution in [2.75, 3.05) is 0 Å². The van der Waals surface area contributed by atoms with Crippen LogP contribution in [0.2, 0.25) is 0 Å². The lowest BCUT2D eigenvalue weighted by Crippen LogP contribution is -1.94. The van der Waals surface area contributed by atoms with Crippen molar-refractivity contribution < 1.29 is 0 Å². The standard InChI is InChI=1S/C42H26N2S/c1-2-12-27(13-3-1)39-41-40(36-22-8-9-23-38(36)45-41)44-42(43-39)32-18-11-16-29(25-32)28-15-10-17-30(24-28)37-26-31-14-4-5-19-33(31)34-20-6-7-21-35(34)37/h1-26H. The molecule has 0 bridgehead atoms. The quantitative estimate of drug-likeness (QED) is 0.191. The second kappa shape index (κ2) is 10.5. The SMILES string of the molecule is c1ccc(-c2nc(-c3cccc(-c4cccc(-c5cc6ccccc6c6ccccc56)c4)c3)nc3c2sc2ccccc23)cc1. The van der Waals surface area contributed by atoms with Gasteiger partial charge in [0.05, 0.1) is 15.9 Å². The average Bonchev–Trinajstić information content (AvgIpc) is 3.50. The molecule has 210 valence electrons. The minimum Gasteiger partial charge on any atom is -0.226 e. The van der Waals surface area contributed by atoms with Gasteiger partial charge in [-0.3, -0.25) is 0 Å². The number of hydrogen-bond acceptors (Lipinski definition) is 3. The van der Waals surface area contributed by atoms with Gasteiger partial charge in [-0.2, -0.15) is 0 Å². The van der Waals surface area contributed by atoms with E-state index in [0.717, 1.165) is 44.0 Å². The summed E-state index contributed by atoms with van der Waals surface area (Å²) in [5.41, 5.74) is 8.84. The van der Waals surface area contributed by atoms with E-state index < -0.39 is 0 Å². The minimum atomic E-state index is 0.739. The Kier molecular flexibility index (Phi) is 6.03. The first kappa shape index (κ1) is 25.8. The third kappa shape index (κ3) is 4.40. The van der Waals surface area contributed by atoms with Crippen LogP contribution in [0, 0.1) is 0 Å². The van der Waals surface area contributed by atoms with Crippen LogP contribution >= 0.6 is 11.3 Å². The number of benzene rings is 7. The van der Waals surface area contributed by atoms with Crippen molar-refractivity contribution in [1.29, 1.82) is 0 Å². The summed E-state index contributed by atoms with van der Waals surface area (Å²) in [7, 11) is 0. The highest BCUT2D eigenvalue weighted by Crippen LogP contribution is 2.40. The molecule has 0 radical (unpaired) electrons. The molecule has 0 atom stereocenters. The largest absolute Gasteiger partial charge is 0.226 e. The number of aromatic nitrogens is 2. The molecule has 9 aromatic rings. The third-order valence-corrected chi connectivity index (χ3v) is 9.83. The first-order valence-corrected chi connectivity index (χ1v) is 16.0. The molecule has 0 amide bonds. The van der Waals surface area contributed by atoms with Gasteiger partial charge in [0, 0.05) is 21.2 Å². The number of fused-ring (bicyclic) bond motifs is 6. The Bertz CT molecular complexity index is 2550. The van der Waals surface area contributed by atoms with Gasteiger partial charge < -0.3 is 0 Å². The summed E-state index contributed by atoms with van der Waals surface area (Å²) in [5, 5.41) is 6.25. The van der Waals surface area contributed by atoms with Crippen LogP contribution < -0.4 is 0 Å². The Balaban J connectivity index is 1.19. The molecule has 0 fully saturated rings. The van der Waals surface area contributed by atoms with E-state index in [1.54, 1.807) is 11.3 Å². The highest BCUT2D eigenvalue weighted by Gasteiger charge is 2.17. The average molecular weight is 591 g/mol. The van der Waals surface area contributed by atoms with Gasteiger partial charge in [-0.05, 0) is 68.1 Å². The molecule has 0 aliphatic rings. The zero-order chi connectivity index (χ0) is 29.7. The monoisotopic (exact) mass is 590 g/mol. The van der Waals surface area contributed by atoms with Gasteiger partial charge in [0.2, 0.25) is 0 Å². The molecule has 9 rings (SSSR count). The third-order valence-electron chi connectivity index (χ3n) is 8.66. The van der Waals surface area contributed by atoms with E-state index in [2.05, 4.69) is 152 Å². The van der Waals surface area contributed by atoms with Crippen molar-refractivity contribution in [1.82, 2.24) is 9.97 Å². The van der Waals surface area contributed by atoms with Crippen molar-refractivity contribution in [3.8, 4) is 44.9 Å². The Morgan fingerprint density at radius 1 is 0.400 bits per heavy atom. The maximum atomic E-state index is 5.20. The molecule has 2 heterocycles. The van der Waals surface area contributed by atoms with Crippen LogP contribution in [-0.2, 0) is 0 Å². The Morgan fingerprint density at radius 3 is 1.82 bits per heavy atom. The van der Waals surface area contributed by atoms with Gasteiger partial charge in [-0.15, -0.1) is 11.3 Å². The summed E-state index contributed by atoms with van der Waals surface area (Å²) >= 11 is 1.76. The van der Waals surface area contributed by atoms with Crippen LogP contribution in [-0.4, -0.2) is 9.97 Å². The summed E-state index contributed by atoms with van der Waals surface area (Å²) in [5.74, 6) is 0.739. The van der Waals surface area contributed by atoms with E-state index in [4.69, 9.17) is 9.97 Å². The van der Waals surface area contributed by atoms with E-state index in [1.165, 1.54) is 42.8 Å². The normalized spacial score (nSPS) is 11.6. The predicted octanol–water partition coefficient (Wildman–Crippen LogP) is 11.8. The van der Waals surface area contributed by atoms with Crippen LogP contribution in [0.15, 0.2) is 158 Å². The second-order valence-electron chi connectivity index (χ2n) is 11.4. The molecule has 0 unspecified atom stereocenters. The van der Waals surface area contributed by atoms with Gasteiger partial charge in [-0.1, -0.05) is 133 Å². The summed E-state index contributed by atoms with van der Waals surface area (Å²) in [6, 6.07) is 56.2. The van der Waals surface area contributed by atoms with Gasteiger partial charge in [0.15, 0.2) is 5.82 Å². The number of nitrogens with zero attached hydrogens (tertiary/aromatic N) is 2. The first-order chi connectivity index (χ1) is 22.3. The number of hydrogen-bond donors (Lipinski definition) is 0. The maximum absolute atomic E-state index is 5.20. The molecular weight excluding hydrogens is 565 g/mol. The molecule has 0 saturated carbocycles. The smallest absolute Gasteiger partial charge is 0.160 e. The number of rotatable bonds is 4. The van der Waals surface area contributed by atoms with E-state index in [-0.39, 0.29) is 0 Å². The fraction of sp³-hybridized carbons (Fsp3) is 0. The Labute approximate surface area is 264 Å². The van der Waals surface area contributed by atoms with Crippen LogP contribution in [0.4, 0.5) is 0 Å². The minimum absolute atomic E-state index is 0.739. The fourth-order valence-electron chi connectivity index (χ4n) is 6.51. The first-order valence-electron chi connectivity index (χ1n) is 15.2. The summed E-state index contributed by atoms with van der Waals surface area (Å²) < 4.78 is 2.35. The van der Waals surface area contributed by atoms with E-state index in [1.807, 2.05) is 6.07 Å². The molecule has 3 heteroatoms. The van der Waals surface area contributed by atoms with E-state index in [0.29, 0.717) is 0 Å². The Hall–Kier alpha value is -5.64. The van der Waals surface area contributed by atoms with E-state index in [9.17, 15) is 0 Å². The predicted molar refractivity (Wildman–Crippen MR) is 192 cm³/mol. The van der Waals surface area contributed by atoms with Crippen molar-refractivity contribution in [2.24, 2.45) is 0 Å². The molecule has 0 N–H and O–H groups in total. The number of thiophene rings is 1. The molecule has 2 nitrogen and oxygen atoms in total. The highest BCUT2D eigenvalue weighted by molar-refractivity contribution is 7.26. The molecule has 0 aliphatic carbocycles. The zero-order valence-corrected chi connectivity index (χ0v) is 25.1. The van der Waals surface area contributed by atoms with Crippen molar-refractivity contribution in [3.05, 3.63) is 158 Å². The molecule has 0 spiro atoms. The van der Waals surface area contributed by atoms with Gasteiger partial charge >= 0.3 is 0 Å². The molecular formula is C42H26N2S. The lowest BCUT2D eigenvalue weighted by molar-refractivity contribution is 1.24. The molecule has 45 heavy (non-hydrogen) atoms. The van der Waals surface area contributed by atoms with E-state index >= 15 is 0 Å². The Morgan fingerprint density at radius 2 is 1.00 bits per heavy atom. The van der Waals surface area contributed by atoms with Crippen molar-refractivity contribution >= 4 is 53.2 Å². The van der Waals surface area contributed by atoms with Gasteiger partial charge in [-0.25, -0.2) is 9.97 Å². The van der Waals surface area contributed by atoms with Gasteiger partial charge in [0.25, 0.3) is 0 Å². The topological polar surface area (TPSA) is 25.8 Å². The molecule has 2 aromatic heterocycles. The maximum Gasteiger partial charge on any atom is 0.160 e. The van der Waals surface area contributed by atoms with Crippen molar-refractivity contribution in [3.63, 3.8) is 0 Å². The lowest BCUT2D eigenvalue weighted by Gasteiger charge is -2.13. The second-order valence-corrected chi connectivity index (χ2v) is 12.4. The molecule has 7 aromatic carbocycles. The summed E-state index contributed by atoms with van der Waals surface area (Å²) in [4.78, 5) is 10.4. The van der Waals surface area contributed by atoms with Crippen LogP contribution in [0.25, 0.3) is 86.7 Å². The summed E-state index contributed by atoms with van der Waals surface area (Å²) in [6.45, 7) is 0. The van der Waals surface area contributed by atoms with Crippen LogP contribution in [0.3, 0.4) is 0 Å². The van der Waals surface area contributed by atoms with Crippen molar-refractivity contribution in [2.45, 2.75) is 0 Å². The molecule has 0 aliphatic heterocycles. The lowest BCUT2D eigenvalue weighted by atomic mass is 9.91. The fourth-order valence-corrected chi connectivity index (χ4v) is 7.66. The van der Waals surface area contributed by atoms with Crippen LogP contribution in [0.1, 0.15) is 0 Å².